The number of halogens is 1. The summed E-state index contributed by atoms with van der Waals surface area (Å²) in [6.07, 6.45) is 2.34. The van der Waals surface area contributed by atoms with Crippen molar-refractivity contribution in [2.45, 2.75) is 19.8 Å². The Hall–Kier alpha value is -2.20. The first-order valence-corrected chi connectivity index (χ1v) is 8.87. The summed E-state index contributed by atoms with van der Waals surface area (Å²) < 4.78 is 13.5. The molecule has 0 aliphatic carbocycles. The fourth-order valence-corrected chi connectivity index (χ4v) is 3.47. The summed E-state index contributed by atoms with van der Waals surface area (Å²) in [7, 11) is 1.86. The van der Waals surface area contributed by atoms with E-state index in [1.807, 2.05) is 38.2 Å². The van der Waals surface area contributed by atoms with Crippen molar-refractivity contribution in [3.63, 3.8) is 0 Å². The average molecular weight is 340 g/mol. The lowest BCUT2D eigenvalue weighted by Crippen LogP contribution is -2.39. The highest BCUT2D eigenvalue weighted by Gasteiger charge is 2.19. The zero-order valence-electron chi connectivity index (χ0n) is 14.9. The van der Waals surface area contributed by atoms with E-state index in [0.717, 1.165) is 36.3 Å². The van der Waals surface area contributed by atoms with Crippen molar-refractivity contribution < 1.29 is 9.18 Å². The minimum atomic E-state index is -0.249. The first-order chi connectivity index (χ1) is 12.0. The smallest absolute Gasteiger partial charge is 0.253 e. The molecule has 1 fully saturated rings. The van der Waals surface area contributed by atoms with Crippen molar-refractivity contribution in [2.75, 3.05) is 26.7 Å². The normalized spacial score (nSPS) is 17.3. The van der Waals surface area contributed by atoms with Crippen LogP contribution in [0.5, 0.6) is 0 Å². The fraction of sp³-hybridized carbons (Fsp3) is 0.381. The molecule has 3 rings (SSSR count). The summed E-state index contributed by atoms with van der Waals surface area (Å²) in [4.78, 5) is 14.4. The van der Waals surface area contributed by atoms with Gasteiger partial charge in [0.25, 0.3) is 5.91 Å². The van der Waals surface area contributed by atoms with Gasteiger partial charge in [0.05, 0.1) is 0 Å². The van der Waals surface area contributed by atoms with Gasteiger partial charge in [-0.3, -0.25) is 4.79 Å². The van der Waals surface area contributed by atoms with Gasteiger partial charge in [0.2, 0.25) is 0 Å². The van der Waals surface area contributed by atoms with Crippen LogP contribution in [-0.4, -0.2) is 37.5 Å². The van der Waals surface area contributed by atoms with Crippen LogP contribution in [-0.2, 0) is 0 Å². The van der Waals surface area contributed by atoms with Gasteiger partial charge in [-0.05, 0) is 79.7 Å². The highest BCUT2D eigenvalue weighted by molar-refractivity contribution is 5.94. The Morgan fingerprint density at radius 2 is 2.00 bits per heavy atom. The molecule has 4 heteroatoms. The minimum Gasteiger partial charge on any atom is -0.341 e. The molecule has 1 aliphatic rings. The Balaban J connectivity index is 1.70. The Morgan fingerprint density at radius 1 is 1.24 bits per heavy atom. The molecule has 2 aromatic carbocycles. The van der Waals surface area contributed by atoms with E-state index in [2.05, 4.69) is 5.32 Å². The lowest BCUT2D eigenvalue weighted by molar-refractivity contribution is 0.0765. The molecular formula is C21H25FN2O. The monoisotopic (exact) mass is 340 g/mol. The Kier molecular flexibility index (Phi) is 5.49. The number of amides is 1. The van der Waals surface area contributed by atoms with Crippen molar-refractivity contribution >= 4 is 5.91 Å². The van der Waals surface area contributed by atoms with Gasteiger partial charge in [-0.25, -0.2) is 4.39 Å². The second kappa shape index (κ2) is 7.79. The minimum absolute atomic E-state index is 0.0353. The summed E-state index contributed by atoms with van der Waals surface area (Å²) in [6.45, 7) is 4.79. The van der Waals surface area contributed by atoms with E-state index in [4.69, 9.17) is 0 Å². The van der Waals surface area contributed by atoms with E-state index < -0.39 is 0 Å². The van der Waals surface area contributed by atoms with Gasteiger partial charge in [-0.1, -0.05) is 18.2 Å². The first kappa shape index (κ1) is 17.6. The average Bonchev–Trinajstić information content (AvgIpc) is 2.64. The van der Waals surface area contributed by atoms with Gasteiger partial charge >= 0.3 is 0 Å². The van der Waals surface area contributed by atoms with E-state index >= 15 is 0 Å². The summed E-state index contributed by atoms with van der Waals surface area (Å²) in [5.74, 6) is 0.312. The number of carbonyl (C=O) groups excluding carboxylic acids is 1. The van der Waals surface area contributed by atoms with E-state index in [1.54, 1.807) is 11.0 Å². The van der Waals surface area contributed by atoms with Gasteiger partial charge in [-0.2, -0.15) is 0 Å². The molecule has 25 heavy (non-hydrogen) atoms. The standard InChI is InChI=1S/C21H25FN2O/c1-15-5-10-19(22)12-20(15)17-6-8-18(9-7-17)21(25)24(2)14-16-4-3-11-23-13-16/h5-10,12,16,23H,3-4,11,13-14H2,1-2H3/t16-/m1/s1. The molecule has 0 radical (unpaired) electrons. The van der Waals surface area contributed by atoms with Crippen molar-refractivity contribution in [1.82, 2.24) is 10.2 Å². The van der Waals surface area contributed by atoms with Gasteiger partial charge in [0.15, 0.2) is 0 Å². The molecule has 1 N–H and O–H groups in total. The van der Waals surface area contributed by atoms with Gasteiger partial charge in [-0.15, -0.1) is 0 Å². The number of nitrogens with one attached hydrogen (secondary N) is 1. The lowest BCUT2D eigenvalue weighted by Gasteiger charge is -2.27. The van der Waals surface area contributed by atoms with Crippen LogP contribution in [0.25, 0.3) is 11.1 Å². The number of rotatable bonds is 4. The summed E-state index contributed by atoms with van der Waals surface area (Å²) in [5, 5.41) is 3.39. The number of hydrogen-bond acceptors (Lipinski definition) is 2. The number of carbonyl (C=O) groups is 1. The molecule has 1 atom stereocenters. The Bertz CT molecular complexity index is 736. The van der Waals surface area contributed by atoms with Crippen LogP contribution in [0.15, 0.2) is 42.5 Å². The molecule has 0 aromatic heterocycles. The SMILES string of the molecule is Cc1ccc(F)cc1-c1ccc(C(=O)N(C)C[C@@H]2CCCNC2)cc1. The molecule has 0 bridgehead atoms. The first-order valence-electron chi connectivity index (χ1n) is 8.87. The molecule has 3 nitrogen and oxygen atoms in total. The molecule has 132 valence electrons. The van der Waals surface area contributed by atoms with Crippen molar-refractivity contribution in [1.29, 1.82) is 0 Å². The van der Waals surface area contributed by atoms with Gasteiger partial charge < -0.3 is 10.2 Å². The molecule has 2 aromatic rings. The largest absolute Gasteiger partial charge is 0.341 e. The van der Waals surface area contributed by atoms with Crippen molar-refractivity contribution in [3.05, 3.63) is 59.4 Å². The maximum atomic E-state index is 13.5. The van der Waals surface area contributed by atoms with Gasteiger partial charge in [0.1, 0.15) is 5.82 Å². The number of aryl methyl sites for hydroxylation is 1. The van der Waals surface area contributed by atoms with Crippen LogP contribution in [0.1, 0.15) is 28.8 Å². The number of nitrogens with zero attached hydrogens (tertiary/aromatic N) is 1. The Labute approximate surface area is 148 Å². The van der Waals surface area contributed by atoms with Gasteiger partial charge in [0, 0.05) is 19.2 Å². The zero-order valence-corrected chi connectivity index (χ0v) is 14.9. The summed E-state index contributed by atoms with van der Waals surface area (Å²) >= 11 is 0. The third-order valence-corrected chi connectivity index (χ3v) is 4.92. The molecule has 0 saturated carbocycles. The van der Waals surface area contributed by atoms with Crippen LogP contribution < -0.4 is 5.32 Å². The quantitative estimate of drug-likeness (QED) is 0.916. The topological polar surface area (TPSA) is 32.3 Å². The lowest BCUT2D eigenvalue weighted by atomic mass is 9.98. The maximum absolute atomic E-state index is 13.5. The highest BCUT2D eigenvalue weighted by atomic mass is 19.1. The third kappa shape index (κ3) is 4.26. The Morgan fingerprint density at radius 3 is 2.68 bits per heavy atom. The van der Waals surface area contributed by atoms with Crippen LogP contribution in [0.4, 0.5) is 4.39 Å². The molecule has 0 spiro atoms. The van der Waals surface area contributed by atoms with Crippen LogP contribution in [0.3, 0.4) is 0 Å². The molecule has 1 aliphatic heterocycles. The molecular weight excluding hydrogens is 315 g/mol. The summed E-state index contributed by atoms with van der Waals surface area (Å²) in [6, 6.07) is 12.2. The fourth-order valence-electron chi connectivity index (χ4n) is 3.47. The molecule has 0 unspecified atom stereocenters. The molecule has 1 heterocycles. The third-order valence-electron chi connectivity index (χ3n) is 4.92. The second-order valence-corrected chi connectivity index (χ2v) is 6.93. The van der Waals surface area contributed by atoms with E-state index in [1.165, 1.54) is 25.0 Å². The van der Waals surface area contributed by atoms with Crippen LogP contribution in [0, 0.1) is 18.7 Å². The number of hydrogen-bond donors (Lipinski definition) is 1. The van der Waals surface area contributed by atoms with E-state index in [-0.39, 0.29) is 11.7 Å². The highest BCUT2D eigenvalue weighted by Crippen LogP contribution is 2.25. The number of benzene rings is 2. The number of piperidine rings is 1. The maximum Gasteiger partial charge on any atom is 0.253 e. The zero-order chi connectivity index (χ0) is 17.8. The molecule has 1 saturated heterocycles. The van der Waals surface area contributed by atoms with E-state index in [9.17, 15) is 9.18 Å². The van der Waals surface area contributed by atoms with Crippen molar-refractivity contribution in [2.24, 2.45) is 5.92 Å². The molecule has 1 amide bonds. The van der Waals surface area contributed by atoms with E-state index in [0.29, 0.717) is 11.5 Å². The predicted molar refractivity (Wildman–Crippen MR) is 99.1 cm³/mol. The van der Waals surface area contributed by atoms with Crippen LogP contribution in [0.2, 0.25) is 0 Å². The van der Waals surface area contributed by atoms with Crippen molar-refractivity contribution in [3.8, 4) is 11.1 Å². The second-order valence-electron chi connectivity index (χ2n) is 6.93. The predicted octanol–water partition coefficient (Wildman–Crippen LogP) is 3.87. The summed E-state index contributed by atoms with van der Waals surface area (Å²) in [5.41, 5.74) is 3.47. The van der Waals surface area contributed by atoms with Crippen LogP contribution >= 0.6 is 0 Å².